The molecule has 1 unspecified atom stereocenters. The second kappa shape index (κ2) is 6.08. The smallest absolute Gasteiger partial charge is 0.264 e. The maximum atomic E-state index is 13.1. The van der Waals surface area contributed by atoms with Crippen LogP contribution in [0.5, 0.6) is 11.5 Å². The van der Waals surface area contributed by atoms with Gasteiger partial charge in [0, 0.05) is 24.1 Å². The van der Waals surface area contributed by atoms with Crippen LogP contribution in [0.3, 0.4) is 0 Å². The van der Waals surface area contributed by atoms with Crippen LogP contribution in [0.1, 0.15) is 30.9 Å². The van der Waals surface area contributed by atoms with E-state index in [4.69, 9.17) is 9.47 Å². The van der Waals surface area contributed by atoms with E-state index in [1.807, 2.05) is 42.5 Å². The van der Waals surface area contributed by atoms with Crippen LogP contribution in [-0.4, -0.2) is 24.4 Å². The van der Waals surface area contributed by atoms with Crippen LogP contribution in [-0.2, 0) is 16.8 Å². The Balaban J connectivity index is 1.73. The van der Waals surface area contributed by atoms with E-state index in [1.54, 1.807) is 4.90 Å². The summed E-state index contributed by atoms with van der Waals surface area (Å²) >= 11 is 0. The Labute approximate surface area is 146 Å². The van der Waals surface area contributed by atoms with Gasteiger partial charge in [0.25, 0.3) is 5.91 Å². The number of anilines is 1. The summed E-state index contributed by atoms with van der Waals surface area (Å²) in [5, 5.41) is 11.4. The van der Waals surface area contributed by atoms with Crippen LogP contribution in [0, 0.1) is 0 Å². The Morgan fingerprint density at radius 1 is 1.16 bits per heavy atom. The van der Waals surface area contributed by atoms with Crippen LogP contribution < -0.4 is 14.4 Å². The van der Waals surface area contributed by atoms with Gasteiger partial charge in [0.2, 0.25) is 6.79 Å². The van der Waals surface area contributed by atoms with Crippen LogP contribution in [0.4, 0.5) is 5.69 Å². The molecule has 5 nitrogen and oxygen atoms in total. The molecule has 0 saturated carbocycles. The van der Waals surface area contributed by atoms with Crippen molar-refractivity contribution >= 4 is 11.6 Å². The van der Waals surface area contributed by atoms with Crippen LogP contribution in [0.25, 0.3) is 0 Å². The van der Waals surface area contributed by atoms with Gasteiger partial charge < -0.3 is 19.5 Å². The molecule has 1 amide bonds. The molecule has 1 N–H and O–H groups in total. The SMILES string of the molecule is CCCCN1C(=O)C(O)(Cc2cccc3c2OCO3)c2ccccc21. The largest absolute Gasteiger partial charge is 0.454 e. The summed E-state index contributed by atoms with van der Waals surface area (Å²) in [6.45, 7) is 2.86. The van der Waals surface area contributed by atoms with Crippen molar-refractivity contribution in [2.45, 2.75) is 31.8 Å². The molecule has 2 aliphatic heterocycles. The topological polar surface area (TPSA) is 59.0 Å². The molecular weight excluding hydrogens is 318 g/mol. The zero-order valence-corrected chi connectivity index (χ0v) is 14.2. The maximum absolute atomic E-state index is 13.1. The van der Waals surface area contributed by atoms with Gasteiger partial charge in [-0.05, 0) is 18.6 Å². The van der Waals surface area contributed by atoms with E-state index < -0.39 is 5.60 Å². The van der Waals surface area contributed by atoms with Crippen molar-refractivity contribution in [3.8, 4) is 11.5 Å². The second-order valence-electron chi connectivity index (χ2n) is 6.52. The van der Waals surface area contributed by atoms with Gasteiger partial charge in [-0.1, -0.05) is 43.7 Å². The number of rotatable bonds is 5. The number of fused-ring (bicyclic) bond motifs is 2. The second-order valence-corrected chi connectivity index (χ2v) is 6.52. The van der Waals surface area contributed by atoms with Crippen molar-refractivity contribution in [1.29, 1.82) is 0 Å². The predicted octanol–water partition coefficient (Wildman–Crippen LogP) is 2.99. The van der Waals surface area contributed by atoms with E-state index >= 15 is 0 Å². The van der Waals surface area contributed by atoms with Crippen molar-refractivity contribution in [3.63, 3.8) is 0 Å². The number of aliphatic hydroxyl groups is 1. The van der Waals surface area contributed by atoms with Gasteiger partial charge in [-0.2, -0.15) is 0 Å². The highest BCUT2D eigenvalue weighted by molar-refractivity contribution is 6.07. The van der Waals surface area contributed by atoms with Gasteiger partial charge >= 0.3 is 0 Å². The fourth-order valence-corrected chi connectivity index (χ4v) is 3.62. The molecule has 2 aromatic carbocycles. The quantitative estimate of drug-likeness (QED) is 0.910. The third-order valence-electron chi connectivity index (χ3n) is 4.90. The molecule has 4 rings (SSSR count). The van der Waals surface area contributed by atoms with Gasteiger partial charge in [-0.3, -0.25) is 4.79 Å². The predicted molar refractivity (Wildman–Crippen MR) is 93.9 cm³/mol. The summed E-state index contributed by atoms with van der Waals surface area (Å²) in [6, 6.07) is 13.0. The third-order valence-corrected chi connectivity index (χ3v) is 4.90. The standard InChI is InChI=1S/C20H21NO4/c1-2-3-11-21-16-9-5-4-8-15(16)20(23,19(21)22)12-14-7-6-10-17-18(14)25-13-24-17/h4-10,23H,2-3,11-13H2,1H3. The molecule has 0 saturated heterocycles. The molecule has 130 valence electrons. The zero-order chi connectivity index (χ0) is 17.4. The first-order chi connectivity index (χ1) is 12.1. The van der Waals surface area contributed by atoms with Crippen molar-refractivity contribution in [1.82, 2.24) is 0 Å². The molecule has 2 heterocycles. The van der Waals surface area contributed by atoms with Crippen LogP contribution >= 0.6 is 0 Å². The molecule has 25 heavy (non-hydrogen) atoms. The summed E-state index contributed by atoms with van der Waals surface area (Å²) in [5.41, 5.74) is 0.657. The minimum Gasteiger partial charge on any atom is -0.454 e. The summed E-state index contributed by atoms with van der Waals surface area (Å²) in [4.78, 5) is 14.8. The van der Waals surface area contributed by atoms with E-state index in [-0.39, 0.29) is 19.1 Å². The van der Waals surface area contributed by atoms with Crippen LogP contribution in [0.2, 0.25) is 0 Å². The average molecular weight is 339 g/mol. The molecule has 0 aromatic heterocycles. The highest BCUT2D eigenvalue weighted by atomic mass is 16.7. The monoisotopic (exact) mass is 339 g/mol. The fraction of sp³-hybridized carbons (Fsp3) is 0.350. The molecule has 1 atom stereocenters. The van der Waals surface area contributed by atoms with Crippen molar-refractivity contribution < 1.29 is 19.4 Å². The van der Waals surface area contributed by atoms with Crippen LogP contribution in [0.15, 0.2) is 42.5 Å². The van der Waals surface area contributed by atoms with Gasteiger partial charge in [0.15, 0.2) is 17.1 Å². The molecule has 0 fully saturated rings. The number of carbonyl (C=O) groups is 1. The molecule has 0 radical (unpaired) electrons. The fourth-order valence-electron chi connectivity index (χ4n) is 3.62. The molecular formula is C20H21NO4. The number of unbranched alkanes of at least 4 members (excludes halogenated alkanes) is 1. The number of para-hydroxylation sites is 2. The van der Waals surface area contributed by atoms with E-state index in [0.717, 1.165) is 24.1 Å². The van der Waals surface area contributed by atoms with Gasteiger partial charge in [0.1, 0.15) is 0 Å². The normalized spacial score (nSPS) is 20.9. The lowest BCUT2D eigenvalue weighted by Crippen LogP contribution is -2.42. The molecule has 0 aliphatic carbocycles. The number of hydrogen-bond donors (Lipinski definition) is 1. The number of amides is 1. The number of benzene rings is 2. The van der Waals surface area contributed by atoms with Crippen molar-refractivity contribution in [2.75, 3.05) is 18.2 Å². The highest BCUT2D eigenvalue weighted by Crippen LogP contribution is 2.45. The van der Waals surface area contributed by atoms with E-state index in [1.165, 1.54) is 0 Å². The van der Waals surface area contributed by atoms with Crippen molar-refractivity contribution in [2.24, 2.45) is 0 Å². The summed E-state index contributed by atoms with van der Waals surface area (Å²) < 4.78 is 10.9. The molecule has 5 heteroatoms. The number of carbonyl (C=O) groups excluding carboxylic acids is 1. The molecule has 0 bridgehead atoms. The Morgan fingerprint density at radius 2 is 2.00 bits per heavy atom. The maximum Gasteiger partial charge on any atom is 0.264 e. The summed E-state index contributed by atoms with van der Waals surface area (Å²) in [5.74, 6) is 1.01. The van der Waals surface area contributed by atoms with Gasteiger partial charge in [0.05, 0.1) is 5.69 Å². The molecule has 2 aromatic rings. The van der Waals surface area contributed by atoms with Gasteiger partial charge in [-0.25, -0.2) is 0 Å². The Bertz CT molecular complexity index is 819. The van der Waals surface area contributed by atoms with E-state index in [2.05, 4.69) is 6.92 Å². The lowest BCUT2D eigenvalue weighted by Gasteiger charge is -2.24. The minimum atomic E-state index is -1.58. The molecule has 0 spiro atoms. The minimum absolute atomic E-state index is 0.165. The Kier molecular flexibility index (Phi) is 3.88. The third kappa shape index (κ3) is 2.46. The highest BCUT2D eigenvalue weighted by Gasteiger charge is 2.49. The Morgan fingerprint density at radius 3 is 2.84 bits per heavy atom. The zero-order valence-electron chi connectivity index (χ0n) is 14.2. The number of hydrogen-bond acceptors (Lipinski definition) is 4. The lowest BCUT2D eigenvalue weighted by molar-refractivity contribution is -0.136. The number of nitrogens with zero attached hydrogens (tertiary/aromatic N) is 1. The van der Waals surface area contributed by atoms with Crippen molar-refractivity contribution in [3.05, 3.63) is 53.6 Å². The number of ether oxygens (including phenoxy) is 2. The lowest BCUT2D eigenvalue weighted by atomic mass is 9.88. The summed E-state index contributed by atoms with van der Waals surface area (Å²) in [6.07, 6.45) is 2.05. The summed E-state index contributed by atoms with van der Waals surface area (Å²) in [7, 11) is 0. The molecule has 2 aliphatic rings. The first-order valence-electron chi connectivity index (χ1n) is 8.66. The Hall–Kier alpha value is -2.53. The first kappa shape index (κ1) is 16.0. The average Bonchev–Trinajstić information content (AvgIpc) is 3.18. The first-order valence-corrected chi connectivity index (χ1v) is 8.66. The van der Waals surface area contributed by atoms with E-state index in [9.17, 15) is 9.90 Å². The van der Waals surface area contributed by atoms with E-state index in [0.29, 0.717) is 23.6 Å². The van der Waals surface area contributed by atoms with Gasteiger partial charge in [-0.15, -0.1) is 0 Å².